The highest BCUT2D eigenvalue weighted by Gasteiger charge is 2.41. The second-order valence-electron chi connectivity index (χ2n) is 5.02. The van der Waals surface area contributed by atoms with Crippen LogP contribution < -0.4 is 4.74 Å². The topological polar surface area (TPSA) is 90.0 Å². The van der Waals surface area contributed by atoms with E-state index < -0.39 is 29.5 Å². The van der Waals surface area contributed by atoms with Crippen molar-refractivity contribution in [3.8, 4) is 5.75 Å². The van der Waals surface area contributed by atoms with Crippen LogP contribution in [0.1, 0.15) is 34.6 Å². The van der Waals surface area contributed by atoms with E-state index >= 15 is 0 Å². The van der Waals surface area contributed by atoms with Crippen LogP contribution in [-0.4, -0.2) is 48.7 Å². The van der Waals surface area contributed by atoms with Gasteiger partial charge in [0.05, 0.1) is 24.8 Å². The predicted octanol–water partition coefficient (Wildman–Crippen LogP) is 1.06. The fourth-order valence-corrected chi connectivity index (χ4v) is 2.43. The number of carbonyl (C=O) groups is 4. The van der Waals surface area contributed by atoms with Gasteiger partial charge in [0.25, 0.3) is 11.8 Å². The van der Waals surface area contributed by atoms with Crippen LogP contribution in [0.3, 0.4) is 0 Å². The Morgan fingerprint density at radius 3 is 2.48 bits per heavy atom. The number of fused-ring (bicyclic) bond motifs is 1. The van der Waals surface area contributed by atoms with E-state index in [2.05, 4.69) is 0 Å². The normalized spacial score (nSPS) is 14.5. The summed E-state index contributed by atoms with van der Waals surface area (Å²) in [6.45, 7) is 2.60. The molecule has 2 rings (SSSR count). The average molecular weight is 319 g/mol. The Bertz CT molecular complexity index is 681. The SMILES string of the molecule is CCOC(=O)[C@H](CN1C(=O)c2cccc(OC)c2C1=O)C(C)=O. The predicted molar refractivity (Wildman–Crippen MR) is 79.2 cm³/mol. The van der Waals surface area contributed by atoms with Gasteiger partial charge in [-0.25, -0.2) is 0 Å². The smallest absolute Gasteiger partial charge is 0.318 e. The minimum Gasteiger partial charge on any atom is -0.496 e. The van der Waals surface area contributed by atoms with Crippen LogP contribution in [0, 0.1) is 5.92 Å². The number of Topliss-reactive ketones (excluding diaryl/α,β-unsaturated/α-hetero) is 1. The zero-order valence-corrected chi connectivity index (χ0v) is 13.1. The van der Waals surface area contributed by atoms with Crippen LogP contribution in [-0.2, 0) is 14.3 Å². The van der Waals surface area contributed by atoms with Crippen molar-refractivity contribution in [3.05, 3.63) is 29.3 Å². The number of nitrogens with zero attached hydrogens (tertiary/aromatic N) is 1. The molecular weight excluding hydrogens is 302 g/mol. The molecule has 0 spiro atoms. The van der Waals surface area contributed by atoms with Gasteiger partial charge in [0.1, 0.15) is 17.5 Å². The lowest BCUT2D eigenvalue weighted by atomic mass is 10.1. The van der Waals surface area contributed by atoms with E-state index in [0.29, 0.717) is 0 Å². The Labute approximate surface area is 133 Å². The van der Waals surface area contributed by atoms with Gasteiger partial charge in [-0.2, -0.15) is 0 Å². The first kappa shape index (κ1) is 16.7. The number of carbonyl (C=O) groups excluding carboxylic acids is 4. The number of rotatable bonds is 6. The molecule has 7 nitrogen and oxygen atoms in total. The first-order valence-corrected chi connectivity index (χ1v) is 7.12. The highest BCUT2D eigenvalue weighted by atomic mass is 16.5. The number of hydrogen-bond acceptors (Lipinski definition) is 6. The maximum Gasteiger partial charge on any atom is 0.318 e. The first-order valence-electron chi connectivity index (χ1n) is 7.12. The van der Waals surface area contributed by atoms with Gasteiger partial charge in [0, 0.05) is 6.54 Å². The van der Waals surface area contributed by atoms with Gasteiger partial charge in [-0.05, 0) is 26.0 Å². The number of hydrogen-bond donors (Lipinski definition) is 0. The number of methoxy groups -OCH3 is 1. The summed E-state index contributed by atoms with van der Waals surface area (Å²) in [5, 5.41) is 0. The van der Waals surface area contributed by atoms with Crippen molar-refractivity contribution in [1.82, 2.24) is 4.90 Å². The zero-order valence-electron chi connectivity index (χ0n) is 13.1. The molecule has 0 aliphatic carbocycles. The van der Waals surface area contributed by atoms with Crippen LogP contribution in [0.5, 0.6) is 5.75 Å². The van der Waals surface area contributed by atoms with Crippen molar-refractivity contribution >= 4 is 23.6 Å². The molecule has 1 aromatic carbocycles. The van der Waals surface area contributed by atoms with Crippen LogP contribution in [0.2, 0.25) is 0 Å². The molecule has 0 unspecified atom stereocenters. The second kappa shape index (κ2) is 6.60. The summed E-state index contributed by atoms with van der Waals surface area (Å²) in [5.41, 5.74) is 0.340. The van der Waals surface area contributed by atoms with Gasteiger partial charge in [0.2, 0.25) is 0 Å². The molecular formula is C16H17NO6. The minimum absolute atomic E-state index is 0.110. The largest absolute Gasteiger partial charge is 0.496 e. The van der Waals surface area contributed by atoms with Crippen LogP contribution in [0.4, 0.5) is 0 Å². The number of benzene rings is 1. The van der Waals surface area contributed by atoms with Gasteiger partial charge in [-0.15, -0.1) is 0 Å². The number of ketones is 1. The minimum atomic E-state index is -1.19. The maximum absolute atomic E-state index is 12.5. The zero-order chi connectivity index (χ0) is 17.1. The van der Waals surface area contributed by atoms with Crippen molar-refractivity contribution in [2.75, 3.05) is 20.3 Å². The summed E-state index contributed by atoms with van der Waals surface area (Å²) in [6, 6.07) is 4.67. The number of esters is 1. The number of amides is 2. The maximum atomic E-state index is 12.5. The molecule has 1 aliphatic rings. The third-order valence-electron chi connectivity index (χ3n) is 3.61. The van der Waals surface area contributed by atoms with E-state index in [1.165, 1.54) is 20.1 Å². The van der Waals surface area contributed by atoms with Gasteiger partial charge in [-0.3, -0.25) is 24.1 Å². The summed E-state index contributed by atoms with van der Waals surface area (Å²) < 4.78 is 9.94. The Kier molecular flexibility index (Phi) is 4.78. The molecule has 0 N–H and O–H groups in total. The summed E-state index contributed by atoms with van der Waals surface area (Å²) in [7, 11) is 1.40. The summed E-state index contributed by atoms with van der Waals surface area (Å²) in [6.07, 6.45) is 0. The lowest BCUT2D eigenvalue weighted by molar-refractivity contribution is -0.151. The lowest BCUT2D eigenvalue weighted by Gasteiger charge is -2.19. The van der Waals surface area contributed by atoms with Crippen molar-refractivity contribution in [2.24, 2.45) is 5.92 Å². The molecule has 1 atom stereocenters. The van der Waals surface area contributed by atoms with E-state index in [0.717, 1.165) is 4.90 Å². The quantitative estimate of drug-likeness (QED) is 0.442. The summed E-state index contributed by atoms with van der Waals surface area (Å²) >= 11 is 0. The van der Waals surface area contributed by atoms with Gasteiger partial charge < -0.3 is 9.47 Å². The van der Waals surface area contributed by atoms with E-state index in [1.807, 2.05) is 0 Å². The molecule has 2 amide bonds. The molecule has 1 aliphatic heterocycles. The Balaban J connectivity index is 2.32. The second-order valence-corrected chi connectivity index (χ2v) is 5.02. The van der Waals surface area contributed by atoms with Crippen LogP contribution in [0.15, 0.2) is 18.2 Å². The molecule has 0 fully saturated rings. The monoisotopic (exact) mass is 319 g/mol. The van der Waals surface area contributed by atoms with E-state index in [4.69, 9.17) is 9.47 Å². The van der Waals surface area contributed by atoms with Crippen molar-refractivity contribution in [1.29, 1.82) is 0 Å². The number of imide groups is 1. The summed E-state index contributed by atoms with van der Waals surface area (Å²) in [5.74, 6) is -3.27. The highest BCUT2D eigenvalue weighted by Crippen LogP contribution is 2.31. The molecule has 23 heavy (non-hydrogen) atoms. The van der Waals surface area contributed by atoms with Gasteiger partial charge in [0.15, 0.2) is 0 Å². The molecule has 122 valence electrons. The van der Waals surface area contributed by atoms with Crippen molar-refractivity contribution in [3.63, 3.8) is 0 Å². The summed E-state index contributed by atoms with van der Waals surface area (Å²) in [4.78, 5) is 49.3. The number of ether oxygens (including phenoxy) is 2. The molecule has 1 heterocycles. The molecule has 7 heteroatoms. The first-order chi connectivity index (χ1) is 10.9. The standard InChI is InChI=1S/C16H17NO6/c1-4-23-16(21)11(9(2)18)8-17-14(19)10-6-5-7-12(22-3)13(10)15(17)20/h5-7,11H,4,8H2,1-3H3/t11-/m1/s1. The van der Waals surface area contributed by atoms with Gasteiger partial charge in [-0.1, -0.05) is 6.07 Å². The van der Waals surface area contributed by atoms with E-state index in [9.17, 15) is 19.2 Å². The van der Waals surface area contributed by atoms with Crippen LogP contribution in [0.25, 0.3) is 0 Å². The van der Waals surface area contributed by atoms with E-state index in [1.54, 1.807) is 19.1 Å². The molecule has 0 radical (unpaired) electrons. The third kappa shape index (κ3) is 2.94. The Morgan fingerprint density at radius 2 is 1.91 bits per heavy atom. The van der Waals surface area contributed by atoms with Gasteiger partial charge >= 0.3 is 5.97 Å². The van der Waals surface area contributed by atoms with Crippen LogP contribution >= 0.6 is 0 Å². The molecule has 0 aromatic heterocycles. The fraction of sp³-hybridized carbons (Fsp3) is 0.375. The average Bonchev–Trinajstić information content (AvgIpc) is 2.76. The molecule has 0 saturated heterocycles. The molecule has 0 saturated carbocycles. The fourth-order valence-electron chi connectivity index (χ4n) is 2.43. The Morgan fingerprint density at radius 1 is 1.22 bits per heavy atom. The van der Waals surface area contributed by atoms with Crippen molar-refractivity contribution < 1.29 is 28.7 Å². The molecule has 1 aromatic rings. The van der Waals surface area contributed by atoms with E-state index in [-0.39, 0.29) is 30.0 Å². The molecule has 0 bridgehead atoms. The Hall–Kier alpha value is -2.70. The van der Waals surface area contributed by atoms with Crippen molar-refractivity contribution in [2.45, 2.75) is 13.8 Å². The third-order valence-corrected chi connectivity index (χ3v) is 3.61. The highest BCUT2D eigenvalue weighted by molar-refractivity contribution is 6.23. The lowest BCUT2D eigenvalue weighted by Crippen LogP contribution is -2.40.